The maximum atomic E-state index is 13.4. The second kappa shape index (κ2) is 15.1. The molecule has 0 bridgehead atoms. The summed E-state index contributed by atoms with van der Waals surface area (Å²) in [5.74, 6) is 0.654. The zero-order chi connectivity index (χ0) is 42.2. The number of hydrogen-bond donors (Lipinski definition) is 2. The number of anilines is 1. The summed E-state index contributed by atoms with van der Waals surface area (Å²) in [4.78, 5) is 82.6. The van der Waals surface area contributed by atoms with Crippen LogP contribution in [0.15, 0.2) is 87.9 Å². The number of carbonyl (C=O) groups is 5. The number of carbonyl (C=O) groups excluding carboxylic acids is 5. The molecular formula is C45H47N11O6. The number of hydrogen-bond acceptors (Lipinski definition) is 13. The molecule has 5 saturated heterocycles. The summed E-state index contributed by atoms with van der Waals surface area (Å²) in [6.45, 7) is 6.42. The second-order valence-corrected chi connectivity index (χ2v) is 17.6. The lowest BCUT2D eigenvalue weighted by Crippen LogP contribution is -2.68. The normalized spacial score (nSPS) is 25.8. The number of amidine groups is 1. The highest BCUT2D eigenvalue weighted by molar-refractivity contribution is 6.24. The number of nitrogens with two attached hydrogens (primary N) is 1. The molecule has 3 N–H and O–H groups in total. The number of rotatable bonds is 8. The van der Waals surface area contributed by atoms with Crippen LogP contribution in [0.1, 0.15) is 52.0 Å². The van der Waals surface area contributed by atoms with Gasteiger partial charge < -0.3 is 25.2 Å². The molecule has 62 heavy (non-hydrogen) atoms. The number of nitrogens with one attached hydrogen (secondary N) is 1. The van der Waals surface area contributed by atoms with Gasteiger partial charge >= 0.3 is 6.03 Å². The van der Waals surface area contributed by atoms with Gasteiger partial charge in [-0.05, 0) is 79.4 Å². The molecule has 8 aliphatic rings. The standard InChI is InChI=1S/C45H47N11O6/c46-40-38-39(26-6-9-33(10-7-26)62-32-4-2-1-3-5-32)50-56(41(38)48-25-47-40)29-14-16-51(17-15-29)31-23-54(24-31)45(61)53-21-28(22-53)27-19-52(20-27)30-8-11-34-35(18-30)44(60)55(43(34)59)36-12-13-37(57)49-42(36)58/h1-11,18,25,27-29,31,36,38,41H,12-17,19-24H2,(H2,46,47,48)(H,49,57,58). The Morgan fingerprint density at radius 3 is 2.19 bits per heavy atom. The highest BCUT2D eigenvalue weighted by atomic mass is 16.5. The van der Waals surface area contributed by atoms with Crippen LogP contribution in [0.3, 0.4) is 0 Å². The van der Waals surface area contributed by atoms with Gasteiger partial charge in [0, 0.05) is 82.3 Å². The Hall–Kier alpha value is -6.62. The lowest BCUT2D eigenvalue weighted by molar-refractivity contribution is -0.136. The van der Waals surface area contributed by atoms with Crippen molar-refractivity contribution in [2.75, 3.05) is 57.3 Å². The fraction of sp³-hybridized carbons (Fsp3) is 0.422. The fourth-order valence-corrected chi connectivity index (χ4v) is 10.3. The largest absolute Gasteiger partial charge is 0.457 e. The van der Waals surface area contributed by atoms with Crippen molar-refractivity contribution < 1.29 is 28.7 Å². The third kappa shape index (κ3) is 6.56. The first kappa shape index (κ1) is 38.3. The first-order chi connectivity index (χ1) is 30.2. The van der Waals surface area contributed by atoms with Crippen LogP contribution < -0.4 is 20.7 Å². The van der Waals surface area contributed by atoms with E-state index in [1.54, 1.807) is 18.5 Å². The Kier molecular flexibility index (Phi) is 9.32. The molecule has 8 aliphatic heterocycles. The van der Waals surface area contributed by atoms with Gasteiger partial charge in [-0.25, -0.2) is 14.8 Å². The van der Waals surface area contributed by atoms with Crippen molar-refractivity contribution in [2.45, 2.75) is 50.0 Å². The summed E-state index contributed by atoms with van der Waals surface area (Å²) in [7, 11) is 0. The smallest absolute Gasteiger partial charge is 0.320 e. The van der Waals surface area contributed by atoms with Crippen LogP contribution in [-0.2, 0) is 9.59 Å². The Morgan fingerprint density at radius 1 is 0.758 bits per heavy atom. The number of benzene rings is 3. The molecule has 17 heteroatoms. The summed E-state index contributed by atoms with van der Waals surface area (Å²) in [6.07, 6.45) is 3.42. The molecule has 3 unspecified atom stereocenters. The number of imide groups is 2. The predicted molar refractivity (Wildman–Crippen MR) is 228 cm³/mol. The maximum absolute atomic E-state index is 13.4. The van der Waals surface area contributed by atoms with E-state index in [-0.39, 0.29) is 48.1 Å². The molecule has 3 aromatic rings. The van der Waals surface area contributed by atoms with Crippen LogP contribution in [0.4, 0.5) is 10.5 Å². The van der Waals surface area contributed by atoms with Crippen LogP contribution in [-0.4, -0.2) is 149 Å². The predicted octanol–water partition coefficient (Wildman–Crippen LogP) is 2.58. The van der Waals surface area contributed by atoms with Gasteiger partial charge in [-0.2, -0.15) is 5.10 Å². The minimum Gasteiger partial charge on any atom is -0.457 e. The number of likely N-dealkylation sites (tertiary alicyclic amines) is 3. The quantitative estimate of drug-likeness (QED) is 0.319. The maximum Gasteiger partial charge on any atom is 0.320 e. The van der Waals surface area contributed by atoms with Crippen molar-refractivity contribution in [3.63, 3.8) is 0 Å². The number of hydrazone groups is 1. The zero-order valence-corrected chi connectivity index (χ0v) is 34.1. The molecule has 0 radical (unpaired) electrons. The van der Waals surface area contributed by atoms with Gasteiger partial charge in [-0.15, -0.1) is 0 Å². The van der Waals surface area contributed by atoms with Crippen LogP contribution in [0, 0.1) is 17.8 Å². The summed E-state index contributed by atoms with van der Waals surface area (Å²) in [6, 6.07) is 22.6. The van der Waals surface area contributed by atoms with Crippen molar-refractivity contribution in [2.24, 2.45) is 38.6 Å². The number of nitrogens with zero attached hydrogens (tertiary/aromatic N) is 9. The van der Waals surface area contributed by atoms with Crippen molar-refractivity contribution in [3.05, 3.63) is 89.5 Å². The van der Waals surface area contributed by atoms with Crippen LogP contribution in [0.2, 0.25) is 0 Å². The van der Waals surface area contributed by atoms with E-state index < -0.39 is 29.7 Å². The van der Waals surface area contributed by atoms with E-state index in [2.05, 4.69) is 25.1 Å². The summed E-state index contributed by atoms with van der Waals surface area (Å²) < 4.78 is 6.01. The molecular weight excluding hydrogens is 791 g/mol. The SMILES string of the molecule is NC1=NC=NC2C1C(c1ccc(Oc3ccccc3)cc1)=NN2C1CCN(C2CN(C(=O)N3CC(C4CN(c5ccc6c(c5)C(=O)N(C5CCC(=O)NC5=O)C6=O)C4)C3)C2)CC1. The molecule has 0 aliphatic carbocycles. The molecule has 0 saturated carbocycles. The van der Waals surface area contributed by atoms with E-state index in [0.717, 1.165) is 98.6 Å². The second-order valence-electron chi connectivity index (χ2n) is 17.6. The Morgan fingerprint density at radius 2 is 1.45 bits per heavy atom. The zero-order valence-electron chi connectivity index (χ0n) is 34.1. The molecule has 3 aromatic carbocycles. The molecule has 5 fully saturated rings. The Bertz CT molecular complexity index is 2430. The molecule has 11 rings (SSSR count). The van der Waals surface area contributed by atoms with Gasteiger partial charge in [-0.1, -0.05) is 18.2 Å². The molecule has 0 aromatic heterocycles. The highest BCUT2D eigenvalue weighted by Crippen LogP contribution is 2.39. The average molecular weight is 838 g/mol. The minimum atomic E-state index is -0.984. The Balaban J connectivity index is 0.636. The number of urea groups is 1. The van der Waals surface area contributed by atoms with E-state index in [4.69, 9.17) is 20.6 Å². The van der Waals surface area contributed by atoms with Crippen LogP contribution in [0.25, 0.3) is 0 Å². The molecule has 0 spiro atoms. The summed E-state index contributed by atoms with van der Waals surface area (Å²) in [5, 5.41) is 9.55. The molecule has 6 amide bonds. The number of aliphatic imine (C=N–C) groups is 2. The third-order valence-electron chi connectivity index (χ3n) is 14.0. The Labute approximate surface area is 357 Å². The molecule has 318 valence electrons. The van der Waals surface area contributed by atoms with Gasteiger partial charge in [-0.3, -0.25) is 39.3 Å². The van der Waals surface area contributed by atoms with Gasteiger partial charge in [0.25, 0.3) is 11.8 Å². The van der Waals surface area contributed by atoms with Crippen molar-refractivity contribution in [3.8, 4) is 11.5 Å². The number of piperidine rings is 2. The summed E-state index contributed by atoms with van der Waals surface area (Å²) in [5.41, 5.74) is 9.75. The van der Waals surface area contributed by atoms with E-state index >= 15 is 0 Å². The van der Waals surface area contributed by atoms with Crippen molar-refractivity contribution in [1.29, 1.82) is 0 Å². The number of para-hydroxylation sites is 1. The van der Waals surface area contributed by atoms with Gasteiger partial charge in [0.05, 0.1) is 22.9 Å². The highest BCUT2D eigenvalue weighted by Gasteiger charge is 2.49. The monoisotopic (exact) mass is 837 g/mol. The van der Waals surface area contributed by atoms with Gasteiger partial charge in [0.1, 0.15) is 35.6 Å². The number of ether oxygens (including phenoxy) is 1. The van der Waals surface area contributed by atoms with E-state index in [0.29, 0.717) is 23.7 Å². The van der Waals surface area contributed by atoms with Crippen molar-refractivity contribution >= 4 is 53.2 Å². The third-order valence-corrected chi connectivity index (χ3v) is 14.0. The van der Waals surface area contributed by atoms with Crippen molar-refractivity contribution in [1.82, 2.24) is 29.9 Å². The lowest BCUT2D eigenvalue weighted by Gasteiger charge is -2.54. The first-order valence-electron chi connectivity index (χ1n) is 21.6. The lowest BCUT2D eigenvalue weighted by atomic mass is 9.80. The first-order valence-corrected chi connectivity index (χ1v) is 21.6. The van der Waals surface area contributed by atoms with Gasteiger partial charge in [0.15, 0.2) is 6.17 Å². The molecule has 17 nitrogen and oxygen atoms in total. The van der Waals surface area contributed by atoms with E-state index in [9.17, 15) is 24.0 Å². The van der Waals surface area contributed by atoms with Crippen LogP contribution in [0.5, 0.6) is 11.5 Å². The fourth-order valence-electron chi connectivity index (χ4n) is 10.3. The van der Waals surface area contributed by atoms with E-state index in [1.165, 1.54) is 0 Å². The minimum absolute atomic E-state index is 0.0831. The number of amides is 6. The molecule has 3 atom stereocenters. The number of fused-ring (bicyclic) bond motifs is 2. The van der Waals surface area contributed by atoms with Gasteiger partial charge in [0.2, 0.25) is 11.8 Å². The van der Waals surface area contributed by atoms with E-state index in [1.807, 2.05) is 70.5 Å². The average Bonchev–Trinajstić information content (AvgIpc) is 3.73. The van der Waals surface area contributed by atoms with Crippen LogP contribution >= 0.6 is 0 Å². The summed E-state index contributed by atoms with van der Waals surface area (Å²) >= 11 is 0. The molecule has 8 heterocycles. The topological polar surface area (TPSA) is 189 Å².